The summed E-state index contributed by atoms with van der Waals surface area (Å²) in [5.41, 5.74) is 0. The molecule has 8 nitrogen and oxygen atoms in total. The second-order valence-electron chi connectivity index (χ2n) is 6.07. The molecule has 1 aromatic carbocycles. The van der Waals surface area contributed by atoms with E-state index in [1.807, 2.05) is 0 Å². The zero-order chi connectivity index (χ0) is 20.0. The highest BCUT2D eigenvalue weighted by Gasteiger charge is 2.42. The number of carbonyl (C=O) groups is 2. The molecule has 27 heavy (non-hydrogen) atoms. The molecule has 1 aliphatic rings. The lowest BCUT2D eigenvalue weighted by molar-refractivity contribution is -0.157. The number of nitrogens with zero attached hydrogens (tertiary/aromatic N) is 1. The Kier molecular flexibility index (Phi) is 7.28. The molecule has 1 heterocycles. The van der Waals surface area contributed by atoms with Gasteiger partial charge in [0.15, 0.2) is 6.10 Å². The van der Waals surface area contributed by atoms with Crippen molar-refractivity contribution >= 4 is 21.9 Å². The van der Waals surface area contributed by atoms with Gasteiger partial charge in [-0.05, 0) is 31.9 Å². The van der Waals surface area contributed by atoms with Crippen molar-refractivity contribution in [2.45, 2.75) is 36.8 Å². The second-order valence-corrected chi connectivity index (χ2v) is 7.93. The quantitative estimate of drug-likeness (QED) is 0.507. The van der Waals surface area contributed by atoms with Gasteiger partial charge in [0.1, 0.15) is 16.8 Å². The Hall–Kier alpha value is -2.04. The Morgan fingerprint density at radius 2 is 2.07 bits per heavy atom. The molecule has 10 heteroatoms. The van der Waals surface area contributed by atoms with Gasteiger partial charge < -0.3 is 14.8 Å². The topological polar surface area (TPSA) is 102 Å². The van der Waals surface area contributed by atoms with Crippen molar-refractivity contribution in [1.82, 2.24) is 9.62 Å². The van der Waals surface area contributed by atoms with E-state index in [1.165, 1.54) is 26.2 Å². The third kappa shape index (κ3) is 5.02. The number of nitrogens with one attached hydrogen (secondary N) is 1. The minimum atomic E-state index is -4.20. The van der Waals surface area contributed by atoms with Crippen molar-refractivity contribution < 1.29 is 31.9 Å². The van der Waals surface area contributed by atoms with E-state index in [0.717, 1.165) is 16.4 Å². The maximum Gasteiger partial charge on any atom is 0.325 e. The first-order chi connectivity index (χ1) is 12.8. The maximum absolute atomic E-state index is 13.9. The molecule has 0 aromatic heterocycles. The Balaban J connectivity index is 2.08. The zero-order valence-corrected chi connectivity index (χ0v) is 16.0. The number of esters is 1. The first-order valence-electron chi connectivity index (χ1n) is 8.52. The van der Waals surface area contributed by atoms with Crippen LogP contribution in [0.3, 0.4) is 0 Å². The summed E-state index contributed by atoms with van der Waals surface area (Å²) in [5, 5.41) is 2.53. The number of sulfonamides is 1. The number of carbonyl (C=O) groups excluding carboxylic acids is 2. The molecular weight excluding hydrogens is 379 g/mol. The average Bonchev–Trinajstić information content (AvgIpc) is 3.12. The molecule has 0 aliphatic carbocycles. The van der Waals surface area contributed by atoms with Crippen LogP contribution in [0.15, 0.2) is 29.2 Å². The van der Waals surface area contributed by atoms with Crippen LogP contribution in [0.1, 0.15) is 19.8 Å². The standard InChI is InChI=1S/C17H23FN2O6S/c1-12(16(21)19-9-11-25-2)26-17(22)14-7-5-10-20(14)27(23,24)15-8-4-3-6-13(15)18/h3-4,6,8,12,14H,5,7,9-11H2,1-2H3,(H,19,21)/t12-,14+/m1/s1. The van der Waals surface area contributed by atoms with Crippen molar-refractivity contribution in [2.24, 2.45) is 0 Å². The van der Waals surface area contributed by atoms with Gasteiger partial charge in [-0.25, -0.2) is 12.8 Å². The minimum absolute atomic E-state index is 0.0743. The van der Waals surface area contributed by atoms with Crippen LogP contribution in [-0.2, 0) is 29.1 Å². The Labute approximate surface area is 157 Å². The van der Waals surface area contributed by atoms with Crippen molar-refractivity contribution in [3.8, 4) is 0 Å². The van der Waals surface area contributed by atoms with Gasteiger partial charge in [-0.2, -0.15) is 4.31 Å². The molecule has 1 fully saturated rings. The summed E-state index contributed by atoms with van der Waals surface area (Å²) in [4.78, 5) is 23.8. The molecule has 2 atom stereocenters. The van der Waals surface area contributed by atoms with Crippen LogP contribution >= 0.6 is 0 Å². The molecule has 1 aromatic rings. The summed E-state index contributed by atoms with van der Waals surface area (Å²) in [6.07, 6.45) is -0.417. The van der Waals surface area contributed by atoms with Gasteiger partial charge in [0.05, 0.1) is 6.61 Å². The number of benzene rings is 1. The summed E-state index contributed by atoms with van der Waals surface area (Å²) >= 11 is 0. The third-order valence-corrected chi connectivity index (χ3v) is 6.11. The van der Waals surface area contributed by atoms with E-state index in [9.17, 15) is 22.4 Å². The van der Waals surface area contributed by atoms with Crippen molar-refractivity contribution in [3.63, 3.8) is 0 Å². The van der Waals surface area contributed by atoms with Crippen LogP contribution in [-0.4, -0.2) is 63.6 Å². The fraction of sp³-hybridized carbons (Fsp3) is 0.529. The van der Waals surface area contributed by atoms with E-state index in [1.54, 1.807) is 0 Å². The molecule has 0 unspecified atom stereocenters. The lowest BCUT2D eigenvalue weighted by Crippen LogP contribution is -2.44. The Morgan fingerprint density at radius 3 is 2.74 bits per heavy atom. The lowest BCUT2D eigenvalue weighted by atomic mass is 10.2. The molecule has 1 aliphatic heterocycles. The van der Waals surface area contributed by atoms with Crippen molar-refractivity contribution in [2.75, 3.05) is 26.8 Å². The number of ether oxygens (including phenoxy) is 2. The van der Waals surface area contributed by atoms with Gasteiger partial charge in [-0.1, -0.05) is 12.1 Å². The van der Waals surface area contributed by atoms with Crippen LogP contribution in [0.25, 0.3) is 0 Å². The van der Waals surface area contributed by atoms with Crippen LogP contribution in [0.5, 0.6) is 0 Å². The number of amides is 1. The van der Waals surface area contributed by atoms with E-state index in [2.05, 4.69) is 5.32 Å². The first-order valence-corrected chi connectivity index (χ1v) is 9.96. The summed E-state index contributed by atoms with van der Waals surface area (Å²) in [5.74, 6) is -2.23. The Morgan fingerprint density at radius 1 is 1.37 bits per heavy atom. The molecule has 0 saturated carbocycles. The van der Waals surface area contributed by atoms with Crippen molar-refractivity contribution in [3.05, 3.63) is 30.1 Å². The molecule has 0 radical (unpaired) electrons. The third-order valence-electron chi connectivity index (χ3n) is 4.17. The molecular formula is C17H23FN2O6S. The molecule has 0 bridgehead atoms. The van der Waals surface area contributed by atoms with Gasteiger partial charge in [0.2, 0.25) is 10.0 Å². The lowest BCUT2D eigenvalue weighted by Gasteiger charge is -2.24. The monoisotopic (exact) mass is 402 g/mol. The SMILES string of the molecule is COCCNC(=O)[C@@H](C)OC(=O)[C@@H]1CCCN1S(=O)(=O)c1ccccc1F. The second kappa shape index (κ2) is 9.25. The van der Waals surface area contributed by atoms with E-state index in [-0.39, 0.29) is 19.5 Å². The summed E-state index contributed by atoms with van der Waals surface area (Å²) in [6.45, 7) is 2.04. The van der Waals surface area contributed by atoms with Gasteiger partial charge in [-0.15, -0.1) is 0 Å². The Bertz CT molecular complexity index is 785. The van der Waals surface area contributed by atoms with Crippen LogP contribution in [0.4, 0.5) is 4.39 Å². The maximum atomic E-state index is 13.9. The minimum Gasteiger partial charge on any atom is -0.451 e. The van der Waals surface area contributed by atoms with Crippen molar-refractivity contribution in [1.29, 1.82) is 0 Å². The van der Waals surface area contributed by atoms with Gasteiger partial charge in [0.25, 0.3) is 5.91 Å². The molecule has 2 rings (SSSR count). The van der Waals surface area contributed by atoms with Crippen LogP contribution < -0.4 is 5.32 Å². The fourth-order valence-corrected chi connectivity index (χ4v) is 4.48. The highest BCUT2D eigenvalue weighted by atomic mass is 32.2. The number of hydrogen-bond acceptors (Lipinski definition) is 6. The summed E-state index contributed by atoms with van der Waals surface area (Å²) in [7, 11) is -2.71. The first kappa shape index (κ1) is 21.3. The van der Waals surface area contributed by atoms with Crippen LogP contribution in [0.2, 0.25) is 0 Å². The van der Waals surface area contributed by atoms with Gasteiger partial charge >= 0.3 is 5.97 Å². The van der Waals surface area contributed by atoms with E-state index in [4.69, 9.17) is 9.47 Å². The molecule has 1 N–H and O–H groups in total. The predicted molar refractivity (Wildman–Crippen MR) is 93.8 cm³/mol. The number of methoxy groups -OCH3 is 1. The normalized spacial score (nSPS) is 18.9. The molecule has 0 spiro atoms. The molecule has 1 amide bonds. The highest BCUT2D eigenvalue weighted by molar-refractivity contribution is 7.89. The largest absolute Gasteiger partial charge is 0.451 e. The fourth-order valence-electron chi connectivity index (χ4n) is 2.77. The van der Waals surface area contributed by atoms with E-state index in [0.29, 0.717) is 13.0 Å². The smallest absolute Gasteiger partial charge is 0.325 e. The highest BCUT2D eigenvalue weighted by Crippen LogP contribution is 2.28. The zero-order valence-electron chi connectivity index (χ0n) is 15.2. The molecule has 150 valence electrons. The van der Waals surface area contributed by atoms with E-state index < -0.39 is 44.8 Å². The average molecular weight is 402 g/mol. The molecule has 1 saturated heterocycles. The van der Waals surface area contributed by atoms with Crippen LogP contribution in [0, 0.1) is 5.82 Å². The number of hydrogen-bond donors (Lipinski definition) is 1. The number of halogens is 1. The summed E-state index contributed by atoms with van der Waals surface area (Å²) < 4.78 is 50.3. The summed E-state index contributed by atoms with van der Waals surface area (Å²) in [6, 6.07) is 3.89. The van der Waals surface area contributed by atoms with Gasteiger partial charge in [-0.3, -0.25) is 9.59 Å². The van der Waals surface area contributed by atoms with E-state index >= 15 is 0 Å². The van der Waals surface area contributed by atoms with Gasteiger partial charge in [0, 0.05) is 20.2 Å². The predicted octanol–water partition coefficient (Wildman–Crippen LogP) is 0.673. The number of rotatable bonds is 8.